The van der Waals surface area contributed by atoms with Crippen molar-refractivity contribution in [3.8, 4) is 6.07 Å². The zero-order valence-corrected chi connectivity index (χ0v) is 36.2. The third-order valence-corrected chi connectivity index (χ3v) is 17.5. The molecular formula is C34H51N9O12P2Si. The van der Waals surface area contributed by atoms with Gasteiger partial charge in [-0.1, -0.05) is 34.6 Å². The van der Waals surface area contributed by atoms with Gasteiger partial charge in [0.05, 0.1) is 38.1 Å². The second-order valence-corrected chi connectivity index (χ2v) is 23.5. The fraction of sp³-hybridized carbons (Fsp3) is 0.676. The first kappa shape index (κ1) is 44.1. The van der Waals surface area contributed by atoms with Gasteiger partial charge in [-0.2, -0.15) is 10.2 Å². The molecule has 1 aliphatic heterocycles. The predicted molar refractivity (Wildman–Crippen MR) is 210 cm³/mol. The van der Waals surface area contributed by atoms with Gasteiger partial charge in [-0.15, -0.1) is 0 Å². The molecule has 0 spiro atoms. The quantitative estimate of drug-likeness (QED) is 0.0685. The van der Waals surface area contributed by atoms with Crippen LogP contribution in [0.5, 0.6) is 0 Å². The lowest BCUT2D eigenvalue weighted by molar-refractivity contribution is -0.118. The Morgan fingerprint density at radius 3 is 2.66 bits per heavy atom. The van der Waals surface area contributed by atoms with E-state index in [1.165, 1.54) is 17.2 Å². The number of amides is 1. The third-order valence-electron chi connectivity index (χ3n) is 11.0. The topological polar surface area (TPSA) is 284 Å². The number of anilines is 2. The van der Waals surface area contributed by atoms with Gasteiger partial charge in [0.25, 0.3) is 5.56 Å². The predicted octanol–water partition coefficient (Wildman–Crippen LogP) is 4.02. The number of carbonyl (C=O) groups excluding carboxylic acids is 1. The van der Waals surface area contributed by atoms with E-state index < -0.39 is 78.0 Å². The second kappa shape index (κ2) is 17.3. The van der Waals surface area contributed by atoms with Gasteiger partial charge >= 0.3 is 16.1 Å². The summed E-state index contributed by atoms with van der Waals surface area (Å²) in [7, 11) is -10.7. The van der Waals surface area contributed by atoms with Crippen molar-refractivity contribution >= 4 is 53.2 Å². The summed E-state index contributed by atoms with van der Waals surface area (Å²) in [5.74, 6) is -0.725. The SMILES string of the molecule is CC(C)C(=O)Nc1nc2c(ncn2[C@@H]2O[C@@H]3C(O)C3(O[Si](C)(C)C(C)(C)C)[C@H]2OP(=O)(OCCC#N)OCC[C@H]2C[C@@H](Nc3ccncn3)C[C@@H]2O[PH](=O)O)c(=O)[nH]1. The van der Waals surface area contributed by atoms with Crippen LogP contribution in [0.15, 0.2) is 29.7 Å². The lowest BCUT2D eigenvalue weighted by atomic mass is 10.0. The number of nitrogens with zero attached hydrogens (tertiary/aromatic N) is 6. The fourth-order valence-electron chi connectivity index (χ4n) is 6.96. The molecule has 3 aromatic rings. The van der Waals surface area contributed by atoms with Crippen molar-refractivity contribution in [1.29, 1.82) is 5.26 Å². The van der Waals surface area contributed by atoms with E-state index in [2.05, 4.69) is 35.6 Å². The normalized spacial score (nSPS) is 28.5. The molecule has 4 heterocycles. The molecule has 318 valence electrons. The summed E-state index contributed by atoms with van der Waals surface area (Å²) in [6.45, 7) is 12.8. The average Bonchev–Trinajstić information content (AvgIpc) is 3.52. The number of fused-ring (bicyclic) bond motifs is 2. The zero-order chi connectivity index (χ0) is 42.2. The largest absolute Gasteiger partial charge is 0.475 e. The molecule has 3 fully saturated rings. The highest BCUT2D eigenvalue weighted by Gasteiger charge is 2.81. The Labute approximate surface area is 336 Å². The number of rotatable bonds is 18. The van der Waals surface area contributed by atoms with Crippen molar-refractivity contribution in [3.63, 3.8) is 0 Å². The molecule has 2 saturated carbocycles. The number of phosphoric ester groups is 1. The molecule has 10 atom stereocenters. The van der Waals surface area contributed by atoms with E-state index >= 15 is 0 Å². The van der Waals surface area contributed by atoms with Crippen molar-refractivity contribution < 1.29 is 51.2 Å². The summed E-state index contributed by atoms with van der Waals surface area (Å²) in [5, 5.41) is 26.3. The van der Waals surface area contributed by atoms with Crippen LogP contribution in [0.1, 0.15) is 66.5 Å². The molecule has 3 aliphatic rings. The summed E-state index contributed by atoms with van der Waals surface area (Å²) in [6.07, 6.45) is -0.404. The van der Waals surface area contributed by atoms with Crippen molar-refractivity contribution in [1.82, 2.24) is 29.5 Å². The lowest BCUT2D eigenvalue weighted by Crippen LogP contribution is -2.51. The minimum atomic E-state index is -4.67. The van der Waals surface area contributed by atoms with Crippen LogP contribution in [0, 0.1) is 23.2 Å². The van der Waals surface area contributed by atoms with Crippen LogP contribution < -0.4 is 16.2 Å². The molecule has 58 heavy (non-hydrogen) atoms. The zero-order valence-electron chi connectivity index (χ0n) is 33.3. The van der Waals surface area contributed by atoms with Gasteiger partial charge in [-0.3, -0.25) is 42.6 Å². The summed E-state index contributed by atoms with van der Waals surface area (Å²) in [4.78, 5) is 54.6. The van der Waals surface area contributed by atoms with Gasteiger partial charge in [-0.25, -0.2) is 19.5 Å². The Bertz CT molecular complexity index is 2130. The number of nitrogens with one attached hydrogen (secondary N) is 3. The van der Waals surface area contributed by atoms with E-state index in [1.807, 2.05) is 39.9 Å². The van der Waals surface area contributed by atoms with Gasteiger partial charge in [0.2, 0.25) is 11.9 Å². The fourth-order valence-corrected chi connectivity index (χ4v) is 10.4. The number of ether oxygens (including phenoxy) is 1. The maximum atomic E-state index is 14.8. The first-order valence-electron chi connectivity index (χ1n) is 19.0. The molecule has 2 aliphatic carbocycles. The van der Waals surface area contributed by atoms with E-state index in [0.29, 0.717) is 18.7 Å². The summed E-state index contributed by atoms with van der Waals surface area (Å²) in [6, 6.07) is 3.46. The van der Waals surface area contributed by atoms with Crippen LogP contribution >= 0.6 is 16.1 Å². The number of hydrogen-bond donors (Lipinski definition) is 5. The van der Waals surface area contributed by atoms with Gasteiger partial charge < -0.3 is 29.0 Å². The number of carbonyl (C=O) groups is 1. The summed E-state index contributed by atoms with van der Waals surface area (Å²) in [5.41, 5.74) is -2.35. The van der Waals surface area contributed by atoms with Crippen molar-refractivity contribution in [2.75, 3.05) is 23.8 Å². The van der Waals surface area contributed by atoms with Gasteiger partial charge in [0.1, 0.15) is 36.1 Å². The number of phosphoric acid groups is 1. The highest BCUT2D eigenvalue weighted by atomic mass is 31.2. The highest BCUT2D eigenvalue weighted by Crippen LogP contribution is 2.65. The smallest absolute Gasteiger partial charge is 0.403 e. The molecule has 0 aromatic carbocycles. The van der Waals surface area contributed by atoms with Crippen LogP contribution in [0.3, 0.4) is 0 Å². The van der Waals surface area contributed by atoms with Gasteiger partial charge in [0.15, 0.2) is 25.7 Å². The number of imidazole rings is 1. The number of aliphatic hydroxyl groups is 1. The number of aromatic amines is 1. The average molecular weight is 868 g/mol. The van der Waals surface area contributed by atoms with E-state index in [9.17, 15) is 34.0 Å². The molecule has 6 rings (SSSR count). The maximum Gasteiger partial charge on any atom is 0.475 e. The Balaban J connectivity index is 1.31. The minimum absolute atomic E-state index is 0.0126. The van der Waals surface area contributed by atoms with Crippen LogP contribution in [0.4, 0.5) is 11.8 Å². The Hall–Kier alpha value is -3.45. The number of aromatic nitrogens is 6. The molecule has 21 nitrogen and oxygen atoms in total. The van der Waals surface area contributed by atoms with Crippen LogP contribution in [0.25, 0.3) is 11.2 Å². The molecule has 4 unspecified atom stereocenters. The van der Waals surface area contributed by atoms with Crippen molar-refractivity contribution in [2.45, 2.75) is 121 Å². The van der Waals surface area contributed by atoms with E-state index in [1.54, 1.807) is 26.1 Å². The molecule has 1 saturated heterocycles. The van der Waals surface area contributed by atoms with Crippen LogP contribution in [0.2, 0.25) is 18.1 Å². The molecule has 0 bridgehead atoms. The first-order valence-corrected chi connectivity index (χ1v) is 24.6. The Kier molecular flexibility index (Phi) is 13.1. The van der Waals surface area contributed by atoms with Crippen molar-refractivity contribution in [2.24, 2.45) is 11.8 Å². The Morgan fingerprint density at radius 1 is 1.26 bits per heavy atom. The van der Waals surface area contributed by atoms with Crippen molar-refractivity contribution in [3.05, 3.63) is 35.3 Å². The molecule has 5 N–H and O–H groups in total. The standard InChI is InChI=1S/C34H51N9O12P2Si/c1-19(2)29(45)41-32-40-28-24(30(46)42-32)38-18-43(28)31-27(34(25(44)26(34)52-31)55-58(6,7)33(3,4)5)54-57(49,50-13-8-11-35)51-14-10-20-15-21(16-22(20)53-56(47)48)39-23-9-12-36-17-37-23/h9,12,17-22,25-27,31,44,56H,8,10,13-16H2,1-7H3,(H,47,48)(H,36,37,39)(H2,40,41,42,45,46)/t20-,21+,22-,25?,26+,27-,31+,34?,57?/m0/s1. The summed E-state index contributed by atoms with van der Waals surface area (Å²) >= 11 is 0. The Morgan fingerprint density at radius 2 is 2.00 bits per heavy atom. The van der Waals surface area contributed by atoms with E-state index in [0.717, 1.165) is 0 Å². The molecular weight excluding hydrogens is 816 g/mol. The second-order valence-electron chi connectivity index (χ2n) is 16.4. The number of H-pyrrole nitrogens is 1. The number of nitriles is 1. The molecule has 0 radical (unpaired) electrons. The maximum absolute atomic E-state index is 14.8. The van der Waals surface area contributed by atoms with E-state index in [-0.39, 0.29) is 60.2 Å². The van der Waals surface area contributed by atoms with Gasteiger partial charge in [-0.05, 0) is 49.4 Å². The van der Waals surface area contributed by atoms with Gasteiger partial charge in [0, 0.05) is 18.2 Å². The lowest BCUT2D eigenvalue weighted by Gasteiger charge is -2.41. The monoisotopic (exact) mass is 867 g/mol. The molecule has 1 amide bonds. The third kappa shape index (κ3) is 9.30. The number of aliphatic hydroxyl groups excluding tert-OH is 1. The van der Waals surface area contributed by atoms with Crippen LogP contribution in [-0.2, 0) is 41.2 Å². The minimum Gasteiger partial charge on any atom is -0.403 e. The highest BCUT2D eigenvalue weighted by molar-refractivity contribution is 7.48. The first-order chi connectivity index (χ1) is 27.3. The summed E-state index contributed by atoms with van der Waals surface area (Å²) < 4.78 is 64.7. The molecule has 3 aromatic heterocycles. The van der Waals surface area contributed by atoms with E-state index in [4.69, 9.17) is 27.3 Å². The van der Waals surface area contributed by atoms with Crippen LogP contribution in [-0.4, -0.2) is 103 Å². The number of hydrogen-bond acceptors (Lipinski definition) is 17. The molecule has 24 heteroatoms.